The van der Waals surface area contributed by atoms with E-state index >= 15 is 0 Å². The van der Waals surface area contributed by atoms with E-state index in [1.165, 1.54) is 12.1 Å². The number of aliphatic imine (C=N–C) groups is 1. The molecule has 1 heterocycles. The van der Waals surface area contributed by atoms with Gasteiger partial charge in [0, 0.05) is 21.3 Å². The van der Waals surface area contributed by atoms with Gasteiger partial charge in [-0.15, -0.1) is 0 Å². The molecule has 0 radical (unpaired) electrons. The third-order valence-corrected chi connectivity index (χ3v) is 4.01. The second kappa shape index (κ2) is 7.39. The van der Waals surface area contributed by atoms with Gasteiger partial charge in [0.05, 0.1) is 4.92 Å². The minimum absolute atomic E-state index is 0.0293. The quantitative estimate of drug-likeness (QED) is 0.233. The summed E-state index contributed by atoms with van der Waals surface area (Å²) < 4.78 is 6.21. The number of nitro groups is 1. The number of halogens is 1. The van der Waals surface area contributed by atoms with Crippen molar-refractivity contribution in [1.29, 1.82) is 0 Å². The third kappa shape index (κ3) is 4.18. The number of non-ortho nitro benzene ring substituents is 1. The van der Waals surface area contributed by atoms with E-state index in [1.54, 1.807) is 30.4 Å². The molecule has 1 aliphatic heterocycles. The first-order chi connectivity index (χ1) is 12.0. The number of allylic oxidation sites excluding steroid dienone is 2. The van der Waals surface area contributed by atoms with Crippen LogP contribution in [0.15, 0.2) is 71.4 Å². The maximum absolute atomic E-state index is 11.9. The standard InChI is InChI=1S/C18H11IN2O4/c19-14-5-2-4-13(11-14)17-20-16(18(22)25-17)6-1-3-12-7-9-15(10-8-12)21(23)24/h1-11H/b3-1+,16-6+. The Morgan fingerprint density at radius 3 is 2.60 bits per heavy atom. The van der Waals surface area contributed by atoms with Crippen LogP contribution in [0.5, 0.6) is 0 Å². The first-order valence-electron chi connectivity index (χ1n) is 7.22. The fourth-order valence-corrected chi connectivity index (χ4v) is 2.67. The van der Waals surface area contributed by atoms with Crippen molar-refractivity contribution >= 4 is 46.2 Å². The Balaban J connectivity index is 1.76. The Bertz CT molecular complexity index is 930. The highest BCUT2D eigenvalue weighted by atomic mass is 127. The Morgan fingerprint density at radius 1 is 1.16 bits per heavy atom. The summed E-state index contributed by atoms with van der Waals surface area (Å²) in [6.07, 6.45) is 4.92. The maximum atomic E-state index is 11.9. The van der Waals surface area contributed by atoms with E-state index in [0.717, 1.165) is 14.7 Å². The number of cyclic esters (lactones) is 1. The number of benzene rings is 2. The molecule has 0 aliphatic carbocycles. The van der Waals surface area contributed by atoms with Gasteiger partial charge in [-0.05, 0) is 64.6 Å². The number of nitrogens with zero attached hydrogens (tertiary/aromatic N) is 2. The summed E-state index contributed by atoms with van der Waals surface area (Å²) in [5, 5.41) is 10.6. The fourth-order valence-electron chi connectivity index (χ4n) is 2.13. The predicted octanol–water partition coefficient (Wildman–Crippen LogP) is 4.10. The molecule has 25 heavy (non-hydrogen) atoms. The van der Waals surface area contributed by atoms with E-state index in [4.69, 9.17) is 4.74 Å². The summed E-state index contributed by atoms with van der Waals surface area (Å²) in [5.74, 6) is -0.235. The van der Waals surface area contributed by atoms with Crippen LogP contribution in [0.4, 0.5) is 5.69 Å². The molecule has 0 atom stereocenters. The lowest BCUT2D eigenvalue weighted by atomic mass is 10.2. The minimum Gasteiger partial charge on any atom is -0.402 e. The molecule has 0 fully saturated rings. The molecule has 6 nitrogen and oxygen atoms in total. The van der Waals surface area contributed by atoms with Gasteiger partial charge in [-0.3, -0.25) is 10.1 Å². The van der Waals surface area contributed by atoms with Crippen LogP contribution >= 0.6 is 22.6 Å². The molecule has 2 aromatic rings. The number of hydrogen-bond acceptors (Lipinski definition) is 5. The van der Waals surface area contributed by atoms with E-state index in [9.17, 15) is 14.9 Å². The summed E-state index contributed by atoms with van der Waals surface area (Å²) in [6, 6.07) is 13.6. The number of hydrogen-bond donors (Lipinski definition) is 0. The molecule has 0 saturated heterocycles. The molecule has 7 heteroatoms. The predicted molar refractivity (Wildman–Crippen MR) is 102 cm³/mol. The van der Waals surface area contributed by atoms with Gasteiger partial charge >= 0.3 is 5.97 Å². The molecule has 0 saturated carbocycles. The van der Waals surface area contributed by atoms with E-state index in [2.05, 4.69) is 27.6 Å². The Kier molecular flexibility index (Phi) is 5.03. The highest BCUT2D eigenvalue weighted by Gasteiger charge is 2.23. The number of esters is 1. The fraction of sp³-hybridized carbons (Fsp3) is 0. The highest BCUT2D eigenvalue weighted by Crippen LogP contribution is 2.18. The number of ether oxygens (including phenoxy) is 1. The first-order valence-corrected chi connectivity index (χ1v) is 8.30. The minimum atomic E-state index is -0.512. The second-order valence-corrected chi connectivity index (χ2v) is 6.32. The molecular weight excluding hydrogens is 435 g/mol. The molecule has 1 aliphatic rings. The molecule has 124 valence electrons. The number of carbonyl (C=O) groups excluding carboxylic acids is 1. The lowest BCUT2D eigenvalue weighted by Gasteiger charge is -1.99. The first kappa shape index (κ1) is 17.0. The molecule has 3 rings (SSSR count). The molecule has 0 unspecified atom stereocenters. The topological polar surface area (TPSA) is 81.8 Å². The molecule has 0 N–H and O–H groups in total. The lowest BCUT2D eigenvalue weighted by molar-refractivity contribution is -0.384. The average Bonchev–Trinajstić information content (AvgIpc) is 2.96. The van der Waals surface area contributed by atoms with Crippen molar-refractivity contribution in [3.05, 3.63) is 91.2 Å². The van der Waals surface area contributed by atoms with Gasteiger partial charge in [0.1, 0.15) is 0 Å². The zero-order chi connectivity index (χ0) is 17.8. The van der Waals surface area contributed by atoms with Crippen LogP contribution < -0.4 is 0 Å². The average molecular weight is 446 g/mol. The van der Waals surface area contributed by atoms with Crippen molar-refractivity contribution in [3.63, 3.8) is 0 Å². The van der Waals surface area contributed by atoms with E-state index < -0.39 is 10.9 Å². The largest absolute Gasteiger partial charge is 0.402 e. The Labute approximate surface area is 156 Å². The molecule has 0 aromatic heterocycles. The summed E-state index contributed by atoms with van der Waals surface area (Å²) >= 11 is 2.17. The van der Waals surface area contributed by atoms with Gasteiger partial charge in [0.15, 0.2) is 5.70 Å². The zero-order valence-electron chi connectivity index (χ0n) is 12.8. The van der Waals surface area contributed by atoms with Crippen LogP contribution in [-0.4, -0.2) is 16.8 Å². The van der Waals surface area contributed by atoms with Crippen LogP contribution in [0, 0.1) is 13.7 Å². The third-order valence-electron chi connectivity index (χ3n) is 3.34. The van der Waals surface area contributed by atoms with Crippen LogP contribution in [0.25, 0.3) is 6.08 Å². The number of carbonyl (C=O) groups is 1. The monoisotopic (exact) mass is 446 g/mol. The van der Waals surface area contributed by atoms with Crippen LogP contribution in [0.1, 0.15) is 11.1 Å². The summed E-state index contributed by atoms with van der Waals surface area (Å²) in [6.45, 7) is 0. The maximum Gasteiger partial charge on any atom is 0.363 e. The molecule has 0 amide bonds. The second-order valence-electron chi connectivity index (χ2n) is 5.08. The highest BCUT2D eigenvalue weighted by molar-refractivity contribution is 14.1. The van der Waals surface area contributed by atoms with Gasteiger partial charge in [0.2, 0.25) is 5.90 Å². The van der Waals surface area contributed by atoms with Gasteiger partial charge in [-0.1, -0.05) is 18.2 Å². The molecule has 0 bridgehead atoms. The van der Waals surface area contributed by atoms with Gasteiger partial charge < -0.3 is 4.74 Å². The molecule has 2 aromatic carbocycles. The molecule has 0 spiro atoms. The van der Waals surface area contributed by atoms with Crippen LogP contribution in [-0.2, 0) is 9.53 Å². The number of rotatable bonds is 4. The van der Waals surface area contributed by atoms with Crippen molar-refractivity contribution in [3.8, 4) is 0 Å². The van der Waals surface area contributed by atoms with Gasteiger partial charge in [-0.25, -0.2) is 9.79 Å². The Morgan fingerprint density at radius 2 is 1.92 bits per heavy atom. The van der Waals surface area contributed by atoms with Gasteiger partial charge in [0.25, 0.3) is 5.69 Å². The van der Waals surface area contributed by atoms with Crippen LogP contribution in [0.3, 0.4) is 0 Å². The summed E-state index contributed by atoms with van der Waals surface area (Å²) in [4.78, 5) is 26.3. The molecular formula is C18H11IN2O4. The van der Waals surface area contributed by atoms with E-state index in [1.807, 2.05) is 24.3 Å². The normalized spacial score (nSPS) is 15.5. The van der Waals surface area contributed by atoms with Crippen molar-refractivity contribution in [2.45, 2.75) is 0 Å². The van der Waals surface area contributed by atoms with Crippen LogP contribution in [0.2, 0.25) is 0 Å². The van der Waals surface area contributed by atoms with E-state index in [-0.39, 0.29) is 17.3 Å². The zero-order valence-corrected chi connectivity index (χ0v) is 14.9. The van der Waals surface area contributed by atoms with E-state index in [0.29, 0.717) is 0 Å². The number of nitro benzene ring substituents is 1. The summed E-state index contributed by atoms with van der Waals surface area (Å²) in [5.41, 5.74) is 1.74. The Hall–Kier alpha value is -2.81. The van der Waals surface area contributed by atoms with Crippen molar-refractivity contribution < 1.29 is 14.5 Å². The van der Waals surface area contributed by atoms with Crippen molar-refractivity contribution in [2.24, 2.45) is 4.99 Å². The smallest absolute Gasteiger partial charge is 0.363 e. The lowest BCUT2D eigenvalue weighted by Crippen LogP contribution is -2.05. The SMILES string of the molecule is O=C1OC(c2cccc(I)c2)=N/C1=C/C=C/c1ccc([N+](=O)[O-])cc1. The van der Waals surface area contributed by atoms with Crippen molar-refractivity contribution in [2.75, 3.05) is 0 Å². The van der Waals surface area contributed by atoms with Crippen molar-refractivity contribution in [1.82, 2.24) is 0 Å². The summed E-state index contributed by atoms with van der Waals surface area (Å²) in [7, 11) is 0. The van der Waals surface area contributed by atoms with Gasteiger partial charge in [-0.2, -0.15) is 0 Å².